The maximum Gasteiger partial charge on any atom is 0.224 e. The van der Waals surface area contributed by atoms with Crippen LogP contribution < -0.4 is 10.6 Å². The molecule has 31 heavy (non-hydrogen) atoms. The number of nitriles is 1. The number of benzene rings is 1. The third-order valence-electron chi connectivity index (χ3n) is 5.91. The molecule has 2 aromatic rings. The lowest BCUT2D eigenvalue weighted by molar-refractivity contribution is -0.127. The minimum absolute atomic E-state index is 0.0130. The average molecular weight is 440 g/mol. The number of hydrogen-bond acceptors (Lipinski definition) is 5. The van der Waals surface area contributed by atoms with E-state index in [-0.39, 0.29) is 35.4 Å². The smallest absolute Gasteiger partial charge is 0.224 e. The predicted molar refractivity (Wildman–Crippen MR) is 121 cm³/mol. The largest absolute Gasteiger partial charge is 0.467 e. The molecule has 0 spiro atoms. The summed E-state index contributed by atoms with van der Waals surface area (Å²) in [5.74, 6) is 0.722. The first kappa shape index (κ1) is 23.0. The van der Waals surface area contributed by atoms with E-state index in [0.717, 1.165) is 42.6 Å². The van der Waals surface area contributed by atoms with Crippen molar-refractivity contribution >= 4 is 24.4 Å². The second kappa shape index (κ2) is 11.6. The predicted octanol–water partition coefficient (Wildman–Crippen LogP) is 3.95. The lowest BCUT2D eigenvalue weighted by Gasteiger charge is -2.34. The highest BCUT2D eigenvalue weighted by atomic mass is 32.1. The van der Waals surface area contributed by atoms with Crippen LogP contribution in [0.1, 0.15) is 54.2 Å². The number of hydrogen-bond donors (Lipinski definition) is 3. The summed E-state index contributed by atoms with van der Waals surface area (Å²) >= 11 is 4.87. The van der Waals surface area contributed by atoms with Gasteiger partial charge < -0.3 is 15.1 Å². The van der Waals surface area contributed by atoms with Crippen molar-refractivity contribution in [2.75, 3.05) is 6.54 Å². The van der Waals surface area contributed by atoms with E-state index in [1.54, 1.807) is 12.3 Å². The fourth-order valence-electron chi connectivity index (χ4n) is 4.19. The van der Waals surface area contributed by atoms with Crippen LogP contribution in [0.25, 0.3) is 0 Å². The van der Waals surface area contributed by atoms with Gasteiger partial charge in [-0.3, -0.25) is 9.59 Å². The molecule has 0 aliphatic heterocycles. The summed E-state index contributed by atoms with van der Waals surface area (Å²) in [7, 11) is 0. The first-order chi connectivity index (χ1) is 15.1. The number of aryl methyl sites for hydroxylation is 1. The molecule has 1 fully saturated rings. The molecule has 2 amide bonds. The Hall–Kier alpha value is -2.72. The van der Waals surface area contributed by atoms with E-state index in [1.165, 1.54) is 0 Å². The van der Waals surface area contributed by atoms with Gasteiger partial charge in [0, 0.05) is 17.6 Å². The molecule has 2 N–H and O–H groups in total. The number of furan rings is 1. The summed E-state index contributed by atoms with van der Waals surface area (Å²) in [5, 5.41) is 14.3. The van der Waals surface area contributed by atoms with Gasteiger partial charge >= 0.3 is 0 Å². The van der Waals surface area contributed by atoms with Crippen molar-refractivity contribution in [1.82, 2.24) is 10.6 Å². The van der Waals surface area contributed by atoms with Crippen LogP contribution in [0.15, 0.2) is 47.1 Å². The molecule has 1 heterocycles. The van der Waals surface area contributed by atoms with Crippen molar-refractivity contribution in [1.29, 1.82) is 5.26 Å². The lowest BCUT2D eigenvalue weighted by atomic mass is 9.75. The topological polar surface area (TPSA) is 95.1 Å². The van der Waals surface area contributed by atoms with E-state index in [9.17, 15) is 9.59 Å². The van der Waals surface area contributed by atoms with E-state index in [0.29, 0.717) is 19.4 Å². The fourth-order valence-corrected chi connectivity index (χ4v) is 4.72. The third kappa shape index (κ3) is 6.63. The minimum Gasteiger partial charge on any atom is -0.467 e. The van der Waals surface area contributed by atoms with E-state index in [4.69, 9.17) is 22.3 Å². The standard InChI is InChI=1S/C24H29N3O3S/c25-13-14-26-24(29)21-6-2-1-5-20(21)23(31)18-10-7-17(8-11-18)9-12-22(28)27-16-19-4-3-15-30-19/h3-4,7-8,10-11,15,20-21,23,31H,1-2,5-6,9,12,14,16H2,(H,26,29)(H,27,28)/t20-,21-,23?/m0/s1. The first-order valence-electron chi connectivity index (χ1n) is 10.8. The zero-order valence-corrected chi connectivity index (χ0v) is 18.4. The minimum atomic E-state index is -0.109. The lowest BCUT2D eigenvalue weighted by Crippen LogP contribution is -2.38. The molecular weight excluding hydrogens is 410 g/mol. The second-order valence-electron chi connectivity index (χ2n) is 7.97. The summed E-state index contributed by atoms with van der Waals surface area (Å²) in [6, 6.07) is 13.8. The van der Waals surface area contributed by atoms with Crippen molar-refractivity contribution in [3.63, 3.8) is 0 Å². The SMILES string of the molecule is N#CCNC(=O)[C@H]1CCCC[C@@H]1C(S)c1ccc(CCC(=O)NCc2ccco2)cc1. The molecule has 1 aliphatic rings. The molecule has 1 aliphatic carbocycles. The summed E-state index contributed by atoms with van der Waals surface area (Å²) in [5.41, 5.74) is 2.17. The second-order valence-corrected chi connectivity index (χ2v) is 8.53. The van der Waals surface area contributed by atoms with Gasteiger partial charge in [-0.05, 0) is 48.4 Å². The van der Waals surface area contributed by atoms with Gasteiger partial charge in [-0.1, -0.05) is 37.1 Å². The third-order valence-corrected chi connectivity index (χ3v) is 6.59. The Labute approximate surface area is 188 Å². The zero-order chi connectivity index (χ0) is 22.1. The maximum atomic E-state index is 12.5. The highest BCUT2D eigenvalue weighted by Gasteiger charge is 2.35. The van der Waals surface area contributed by atoms with Crippen LogP contribution in [0.5, 0.6) is 0 Å². The van der Waals surface area contributed by atoms with Gasteiger partial charge in [-0.2, -0.15) is 17.9 Å². The van der Waals surface area contributed by atoms with E-state index < -0.39 is 0 Å². The van der Waals surface area contributed by atoms with Crippen LogP contribution in [0, 0.1) is 23.2 Å². The van der Waals surface area contributed by atoms with Crippen LogP contribution >= 0.6 is 12.6 Å². The molecule has 1 saturated carbocycles. The molecule has 1 unspecified atom stereocenters. The van der Waals surface area contributed by atoms with Crippen LogP contribution in [0.2, 0.25) is 0 Å². The molecule has 1 aromatic carbocycles. The van der Waals surface area contributed by atoms with Crippen molar-refractivity contribution in [2.24, 2.45) is 11.8 Å². The average Bonchev–Trinajstić information content (AvgIpc) is 3.33. The van der Waals surface area contributed by atoms with Crippen LogP contribution in [-0.4, -0.2) is 18.4 Å². The zero-order valence-electron chi connectivity index (χ0n) is 17.5. The number of rotatable bonds is 9. The van der Waals surface area contributed by atoms with Crippen LogP contribution in [0.4, 0.5) is 0 Å². The van der Waals surface area contributed by atoms with Crippen molar-refractivity contribution in [3.8, 4) is 6.07 Å². The van der Waals surface area contributed by atoms with Gasteiger partial charge in [0.05, 0.1) is 18.9 Å². The van der Waals surface area contributed by atoms with Gasteiger partial charge in [0.25, 0.3) is 0 Å². The Bertz CT molecular complexity index is 890. The molecule has 3 atom stereocenters. The number of nitrogens with one attached hydrogen (secondary N) is 2. The molecular formula is C24H29N3O3S. The molecule has 7 heteroatoms. The highest BCUT2D eigenvalue weighted by molar-refractivity contribution is 7.80. The Morgan fingerprint density at radius 1 is 1.16 bits per heavy atom. The van der Waals surface area contributed by atoms with Crippen molar-refractivity contribution < 1.29 is 14.0 Å². The quantitative estimate of drug-likeness (QED) is 0.407. The first-order valence-corrected chi connectivity index (χ1v) is 11.3. The highest BCUT2D eigenvalue weighted by Crippen LogP contribution is 2.42. The monoisotopic (exact) mass is 439 g/mol. The Morgan fingerprint density at radius 2 is 1.94 bits per heavy atom. The number of thiol groups is 1. The molecule has 6 nitrogen and oxygen atoms in total. The summed E-state index contributed by atoms with van der Waals surface area (Å²) < 4.78 is 5.21. The number of carbonyl (C=O) groups is 2. The van der Waals surface area contributed by atoms with Gasteiger partial charge in [-0.15, -0.1) is 0 Å². The Morgan fingerprint density at radius 3 is 2.65 bits per heavy atom. The summed E-state index contributed by atoms with van der Waals surface area (Å²) in [6.07, 6.45) is 6.57. The normalized spacial score (nSPS) is 19.2. The van der Waals surface area contributed by atoms with Crippen LogP contribution in [-0.2, 0) is 22.6 Å². The van der Waals surface area contributed by atoms with Crippen LogP contribution in [0.3, 0.4) is 0 Å². The maximum absolute atomic E-state index is 12.5. The van der Waals surface area contributed by atoms with Crippen molar-refractivity contribution in [2.45, 2.75) is 50.3 Å². The molecule has 0 radical (unpaired) electrons. The Kier molecular flexibility index (Phi) is 8.60. The van der Waals surface area contributed by atoms with Gasteiger partial charge in [0.15, 0.2) is 0 Å². The molecule has 164 valence electrons. The molecule has 1 aromatic heterocycles. The number of amides is 2. The van der Waals surface area contributed by atoms with E-state index in [1.807, 2.05) is 36.4 Å². The number of nitrogens with zero attached hydrogens (tertiary/aromatic N) is 1. The Balaban J connectivity index is 1.52. The summed E-state index contributed by atoms with van der Waals surface area (Å²) in [4.78, 5) is 24.5. The summed E-state index contributed by atoms with van der Waals surface area (Å²) in [6.45, 7) is 0.444. The van der Waals surface area contributed by atoms with Gasteiger partial charge in [-0.25, -0.2) is 0 Å². The van der Waals surface area contributed by atoms with E-state index in [2.05, 4.69) is 10.6 Å². The molecule has 0 saturated heterocycles. The number of carbonyl (C=O) groups excluding carboxylic acids is 2. The van der Waals surface area contributed by atoms with E-state index >= 15 is 0 Å². The van der Waals surface area contributed by atoms with Gasteiger partial charge in [0.1, 0.15) is 12.3 Å². The molecule has 3 rings (SSSR count). The molecule has 0 bridgehead atoms. The fraction of sp³-hybridized carbons (Fsp3) is 0.458. The van der Waals surface area contributed by atoms with Gasteiger partial charge in [0.2, 0.25) is 11.8 Å². The van der Waals surface area contributed by atoms with Crippen molar-refractivity contribution in [3.05, 3.63) is 59.5 Å².